The van der Waals surface area contributed by atoms with Crippen LogP contribution in [-0.2, 0) is 4.79 Å². The third kappa shape index (κ3) is 2.26. The highest BCUT2D eigenvalue weighted by Gasteiger charge is 2.48. The molecule has 3 nitrogen and oxygen atoms in total. The van der Waals surface area contributed by atoms with E-state index >= 15 is 0 Å². The van der Waals surface area contributed by atoms with Gasteiger partial charge in [-0.25, -0.2) is 4.79 Å². The van der Waals surface area contributed by atoms with Crippen LogP contribution in [0.1, 0.15) is 11.7 Å². The first kappa shape index (κ1) is 13.2. The van der Waals surface area contributed by atoms with E-state index in [1.807, 2.05) is 0 Å². The first-order valence-electron chi connectivity index (χ1n) is 4.01. The Labute approximate surface area is 99.2 Å². The summed E-state index contributed by atoms with van der Waals surface area (Å²) in [6.07, 6.45) is -2.55. The van der Waals surface area contributed by atoms with Gasteiger partial charge in [0.25, 0.3) is 0 Å². The largest absolute Gasteiger partial charge is 0.477 e. The lowest BCUT2D eigenvalue weighted by Crippen LogP contribution is -2.35. The van der Waals surface area contributed by atoms with Gasteiger partial charge in [-0.3, -0.25) is 0 Å². The zero-order valence-corrected chi connectivity index (χ0v) is 9.14. The van der Waals surface area contributed by atoms with Gasteiger partial charge in [0.2, 0.25) is 0 Å². The molecular formula is C9H6Cl2F2O3. The number of carboxylic acid groups (broad SMARTS) is 1. The molecule has 1 atom stereocenters. The van der Waals surface area contributed by atoms with Crippen LogP contribution in [0.2, 0.25) is 10.0 Å². The fourth-order valence-electron chi connectivity index (χ4n) is 1.04. The highest BCUT2D eigenvalue weighted by molar-refractivity contribution is 6.42. The number of aliphatic carboxylic acids is 1. The van der Waals surface area contributed by atoms with Crippen LogP contribution in [-0.4, -0.2) is 22.1 Å². The number of carboxylic acids is 1. The Morgan fingerprint density at radius 3 is 2.44 bits per heavy atom. The normalized spacial score (nSPS) is 13.6. The highest BCUT2D eigenvalue weighted by atomic mass is 35.5. The van der Waals surface area contributed by atoms with Crippen molar-refractivity contribution >= 4 is 29.2 Å². The second-order valence-corrected chi connectivity index (χ2v) is 3.76. The highest BCUT2D eigenvalue weighted by Crippen LogP contribution is 2.37. The minimum Gasteiger partial charge on any atom is -0.477 e. The molecule has 0 aromatic heterocycles. The Kier molecular flexibility index (Phi) is 3.72. The van der Waals surface area contributed by atoms with Crippen molar-refractivity contribution in [3.8, 4) is 0 Å². The lowest BCUT2D eigenvalue weighted by Gasteiger charge is -2.19. The number of carbonyl (C=O) groups is 1. The third-order valence-electron chi connectivity index (χ3n) is 1.90. The minimum absolute atomic E-state index is 0.0422. The first-order valence-corrected chi connectivity index (χ1v) is 4.77. The van der Waals surface area contributed by atoms with E-state index < -0.39 is 23.6 Å². The molecule has 0 fully saturated rings. The Bertz CT molecular complexity index is 423. The van der Waals surface area contributed by atoms with Crippen molar-refractivity contribution in [3.05, 3.63) is 33.8 Å². The smallest absolute Gasteiger partial charge is 0.377 e. The molecule has 1 unspecified atom stereocenters. The van der Waals surface area contributed by atoms with Gasteiger partial charge >= 0.3 is 11.9 Å². The SMILES string of the molecule is O=C(O)C(F)(F)C(O)c1cccc(Cl)c1Cl. The van der Waals surface area contributed by atoms with E-state index in [2.05, 4.69) is 0 Å². The summed E-state index contributed by atoms with van der Waals surface area (Å²) in [6, 6.07) is 3.69. The fraction of sp³-hybridized carbons (Fsp3) is 0.222. The molecule has 0 aliphatic rings. The van der Waals surface area contributed by atoms with Crippen LogP contribution in [0.3, 0.4) is 0 Å². The molecule has 0 bridgehead atoms. The number of rotatable bonds is 3. The van der Waals surface area contributed by atoms with Crippen LogP contribution >= 0.6 is 23.2 Å². The Morgan fingerprint density at radius 1 is 1.38 bits per heavy atom. The number of hydrogen-bond donors (Lipinski definition) is 2. The lowest BCUT2D eigenvalue weighted by molar-refractivity contribution is -0.182. The van der Waals surface area contributed by atoms with Gasteiger partial charge in [0.1, 0.15) is 0 Å². The molecule has 2 N–H and O–H groups in total. The lowest BCUT2D eigenvalue weighted by atomic mass is 10.0. The van der Waals surface area contributed by atoms with Crippen molar-refractivity contribution in [2.24, 2.45) is 0 Å². The summed E-state index contributed by atoms with van der Waals surface area (Å²) in [4.78, 5) is 10.2. The molecule has 7 heteroatoms. The van der Waals surface area contributed by atoms with Gasteiger partial charge in [0, 0.05) is 5.56 Å². The molecule has 0 saturated heterocycles. The van der Waals surface area contributed by atoms with Gasteiger partial charge in [-0.15, -0.1) is 0 Å². The second kappa shape index (κ2) is 4.53. The zero-order chi connectivity index (χ0) is 12.5. The first-order chi connectivity index (χ1) is 7.28. The summed E-state index contributed by atoms with van der Waals surface area (Å²) < 4.78 is 26.0. The number of halogens is 4. The minimum atomic E-state index is -4.33. The maximum Gasteiger partial charge on any atom is 0.377 e. The number of hydrogen-bond acceptors (Lipinski definition) is 2. The van der Waals surface area contributed by atoms with E-state index in [0.717, 1.165) is 6.07 Å². The molecule has 1 aromatic rings. The van der Waals surface area contributed by atoms with Crippen LogP contribution in [0, 0.1) is 0 Å². The average Bonchev–Trinajstić information content (AvgIpc) is 2.21. The standard InChI is InChI=1S/C9H6Cl2F2O3/c10-5-3-1-2-4(6(5)11)7(14)9(12,13)8(15)16/h1-3,7,14H,(H,15,16). The number of benzene rings is 1. The summed E-state index contributed by atoms with van der Waals surface area (Å²) in [5.41, 5.74) is -0.429. The number of alkyl halides is 2. The summed E-state index contributed by atoms with van der Waals surface area (Å²) >= 11 is 11.1. The van der Waals surface area contributed by atoms with Gasteiger partial charge < -0.3 is 10.2 Å². The summed E-state index contributed by atoms with van der Waals surface area (Å²) in [6.45, 7) is 0. The molecule has 0 spiro atoms. The van der Waals surface area contributed by atoms with E-state index in [9.17, 15) is 18.7 Å². The Morgan fingerprint density at radius 2 is 1.94 bits per heavy atom. The summed E-state index contributed by atoms with van der Waals surface area (Å²) in [7, 11) is 0. The third-order valence-corrected chi connectivity index (χ3v) is 2.74. The van der Waals surface area contributed by atoms with Crippen molar-refractivity contribution in [1.29, 1.82) is 0 Å². The number of aliphatic hydroxyl groups is 1. The van der Waals surface area contributed by atoms with E-state index in [1.54, 1.807) is 0 Å². The molecule has 0 heterocycles. The van der Waals surface area contributed by atoms with Gasteiger partial charge in [-0.1, -0.05) is 35.3 Å². The monoisotopic (exact) mass is 270 g/mol. The van der Waals surface area contributed by atoms with Crippen LogP contribution in [0.25, 0.3) is 0 Å². The maximum atomic E-state index is 13.0. The quantitative estimate of drug-likeness (QED) is 0.888. The van der Waals surface area contributed by atoms with Gasteiger partial charge in [-0.05, 0) is 6.07 Å². The molecule has 0 saturated carbocycles. The van der Waals surface area contributed by atoms with Gasteiger partial charge in [0.05, 0.1) is 10.0 Å². The molecule has 0 radical (unpaired) electrons. The predicted molar refractivity (Wildman–Crippen MR) is 54.0 cm³/mol. The van der Waals surface area contributed by atoms with Gasteiger partial charge in [-0.2, -0.15) is 8.78 Å². The van der Waals surface area contributed by atoms with Crippen molar-refractivity contribution in [1.82, 2.24) is 0 Å². The average molecular weight is 271 g/mol. The van der Waals surface area contributed by atoms with Crippen molar-refractivity contribution in [3.63, 3.8) is 0 Å². The molecule has 16 heavy (non-hydrogen) atoms. The molecule has 0 aliphatic carbocycles. The Balaban J connectivity index is 3.20. The summed E-state index contributed by atoms with van der Waals surface area (Å²) in [5.74, 6) is -6.76. The Hall–Kier alpha value is -0.910. The molecule has 1 rings (SSSR count). The van der Waals surface area contributed by atoms with E-state index in [0.29, 0.717) is 0 Å². The van der Waals surface area contributed by atoms with Crippen molar-refractivity contribution in [2.45, 2.75) is 12.0 Å². The van der Waals surface area contributed by atoms with Crippen LogP contribution in [0.5, 0.6) is 0 Å². The van der Waals surface area contributed by atoms with E-state index in [-0.39, 0.29) is 10.0 Å². The summed E-state index contributed by atoms with van der Waals surface area (Å²) in [5, 5.41) is 17.2. The molecule has 0 amide bonds. The number of aliphatic hydroxyl groups excluding tert-OH is 1. The van der Waals surface area contributed by atoms with Crippen LogP contribution in [0.4, 0.5) is 8.78 Å². The zero-order valence-electron chi connectivity index (χ0n) is 7.62. The van der Waals surface area contributed by atoms with E-state index in [4.69, 9.17) is 28.3 Å². The van der Waals surface area contributed by atoms with Crippen LogP contribution < -0.4 is 0 Å². The molecule has 88 valence electrons. The van der Waals surface area contributed by atoms with Crippen LogP contribution in [0.15, 0.2) is 18.2 Å². The molecule has 0 aliphatic heterocycles. The fourth-order valence-corrected chi connectivity index (χ4v) is 1.46. The van der Waals surface area contributed by atoms with Crippen molar-refractivity contribution in [2.75, 3.05) is 0 Å². The maximum absolute atomic E-state index is 13.0. The molecule has 1 aromatic carbocycles. The van der Waals surface area contributed by atoms with Crippen molar-refractivity contribution < 1.29 is 23.8 Å². The van der Waals surface area contributed by atoms with E-state index in [1.165, 1.54) is 12.1 Å². The molecular weight excluding hydrogens is 265 g/mol. The topological polar surface area (TPSA) is 57.5 Å². The second-order valence-electron chi connectivity index (χ2n) is 2.97. The predicted octanol–water partition coefficient (Wildman–Crippen LogP) is 2.75. The van der Waals surface area contributed by atoms with Gasteiger partial charge in [0.15, 0.2) is 6.10 Å².